The molecule has 0 saturated carbocycles. The van der Waals surface area contributed by atoms with Crippen LogP contribution in [0.3, 0.4) is 0 Å². The van der Waals surface area contributed by atoms with Crippen molar-refractivity contribution in [1.82, 2.24) is 14.5 Å². The lowest BCUT2D eigenvalue weighted by molar-refractivity contribution is 0.0697. The minimum Gasteiger partial charge on any atom is -0.478 e. The van der Waals surface area contributed by atoms with Gasteiger partial charge in [-0.25, -0.2) is 9.78 Å². The van der Waals surface area contributed by atoms with Crippen molar-refractivity contribution in [2.24, 2.45) is 7.05 Å². The third kappa shape index (κ3) is 1.87. The van der Waals surface area contributed by atoms with Gasteiger partial charge in [0.1, 0.15) is 0 Å². The normalized spacial score (nSPS) is 10.8. The Kier molecular flexibility index (Phi) is 2.64. The first-order valence-corrected chi connectivity index (χ1v) is 5.96. The number of aromatic amines is 1. The number of benzene rings is 1. The van der Waals surface area contributed by atoms with Crippen LogP contribution in [0.1, 0.15) is 10.4 Å². The van der Waals surface area contributed by atoms with Crippen molar-refractivity contribution >= 4 is 17.0 Å². The fourth-order valence-electron chi connectivity index (χ4n) is 2.15. The summed E-state index contributed by atoms with van der Waals surface area (Å²) in [6, 6.07) is 9.58. The minimum atomic E-state index is -0.993. The number of nitrogens with zero attached hydrogens (tertiary/aromatic N) is 2. The molecule has 1 aromatic carbocycles. The average Bonchev–Trinajstić information content (AvgIpc) is 2.75. The summed E-state index contributed by atoms with van der Waals surface area (Å²) in [5.41, 5.74) is 1.94. The summed E-state index contributed by atoms with van der Waals surface area (Å²) < 4.78 is 1.81. The number of H-pyrrole nitrogens is 1. The van der Waals surface area contributed by atoms with Crippen LogP contribution in [0.25, 0.3) is 22.6 Å². The number of aromatic nitrogens is 3. The van der Waals surface area contributed by atoms with Crippen LogP contribution in [0.4, 0.5) is 0 Å². The molecule has 6 heteroatoms. The number of pyridine rings is 1. The molecular weight excluding hydrogens is 258 g/mol. The van der Waals surface area contributed by atoms with Crippen molar-refractivity contribution in [3.63, 3.8) is 0 Å². The third-order valence-corrected chi connectivity index (χ3v) is 3.14. The van der Waals surface area contributed by atoms with Crippen LogP contribution in [0.2, 0.25) is 0 Å². The fourth-order valence-corrected chi connectivity index (χ4v) is 2.15. The monoisotopic (exact) mass is 269 g/mol. The predicted octanol–water partition coefficient (Wildman–Crippen LogP) is 1.63. The van der Waals surface area contributed by atoms with Crippen LogP contribution in [0.5, 0.6) is 0 Å². The maximum absolute atomic E-state index is 11.4. The first-order valence-electron chi connectivity index (χ1n) is 5.96. The molecule has 0 bridgehead atoms. The molecule has 2 aromatic heterocycles. The second-order valence-corrected chi connectivity index (χ2v) is 4.43. The largest absolute Gasteiger partial charge is 0.478 e. The number of hydrogen-bond acceptors (Lipinski definition) is 3. The SMILES string of the molecule is Cn1c(-c2cccc(=O)[nH]2)nc2cc(C(=O)O)ccc21. The van der Waals surface area contributed by atoms with E-state index in [1.807, 2.05) is 11.6 Å². The fraction of sp³-hybridized carbons (Fsp3) is 0.0714. The Morgan fingerprint density at radius 2 is 2.10 bits per heavy atom. The molecule has 6 nitrogen and oxygen atoms in total. The van der Waals surface area contributed by atoms with E-state index in [1.165, 1.54) is 18.2 Å². The number of nitrogens with one attached hydrogen (secondary N) is 1. The highest BCUT2D eigenvalue weighted by Crippen LogP contribution is 2.22. The van der Waals surface area contributed by atoms with Crippen LogP contribution in [-0.2, 0) is 7.05 Å². The molecule has 2 N–H and O–H groups in total. The van der Waals surface area contributed by atoms with Crippen molar-refractivity contribution in [3.8, 4) is 11.5 Å². The summed E-state index contributed by atoms with van der Waals surface area (Å²) in [6.07, 6.45) is 0. The van der Waals surface area contributed by atoms with Crippen molar-refractivity contribution in [2.45, 2.75) is 0 Å². The number of fused-ring (bicyclic) bond motifs is 1. The van der Waals surface area contributed by atoms with Crippen molar-refractivity contribution in [1.29, 1.82) is 0 Å². The highest BCUT2D eigenvalue weighted by atomic mass is 16.4. The zero-order chi connectivity index (χ0) is 14.3. The second kappa shape index (κ2) is 4.34. The molecule has 0 aliphatic heterocycles. The van der Waals surface area contributed by atoms with Gasteiger partial charge in [0.15, 0.2) is 5.82 Å². The molecule has 20 heavy (non-hydrogen) atoms. The van der Waals surface area contributed by atoms with E-state index in [2.05, 4.69) is 9.97 Å². The van der Waals surface area contributed by atoms with Gasteiger partial charge in [0.2, 0.25) is 5.56 Å². The van der Waals surface area contributed by atoms with E-state index in [9.17, 15) is 9.59 Å². The van der Waals surface area contributed by atoms with Gasteiger partial charge >= 0.3 is 5.97 Å². The summed E-state index contributed by atoms with van der Waals surface area (Å²) in [6.45, 7) is 0. The summed E-state index contributed by atoms with van der Waals surface area (Å²) in [4.78, 5) is 29.4. The van der Waals surface area contributed by atoms with Gasteiger partial charge in [0.25, 0.3) is 0 Å². The van der Waals surface area contributed by atoms with Gasteiger partial charge in [0.05, 0.1) is 22.3 Å². The molecule has 0 spiro atoms. The van der Waals surface area contributed by atoms with E-state index in [1.54, 1.807) is 18.2 Å². The third-order valence-electron chi connectivity index (χ3n) is 3.14. The number of imidazole rings is 1. The highest BCUT2D eigenvalue weighted by molar-refractivity contribution is 5.93. The number of aryl methyl sites for hydroxylation is 1. The average molecular weight is 269 g/mol. The lowest BCUT2D eigenvalue weighted by atomic mass is 10.2. The van der Waals surface area contributed by atoms with E-state index in [4.69, 9.17) is 5.11 Å². The van der Waals surface area contributed by atoms with Crippen LogP contribution in [0.15, 0.2) is 41.2 Å². The molecule has 0 fully saturated rings. The smallest absolute Gasteiger partial charge is 0.335 e. The van der Waals surface area contributed by atoms with E-state index < -0.39 is 5.97 Å². The van der Waals surface area contributed by atoms with Crippen molar-refractivity contribution < 1.29 is 9.90 Å². The Hall–Kier alpha value is -2.89. The second-order valence-electron chi connectivity index (χ2n) is 4.43. The van der Waals surface area contributed by atoms with E-state index >= 15 is 0 Å². The van der Waals surface area contributed by atoms with Crippen molar-refractivity contribution in [2.75, 3.05) is 0 Å². The quantitative estimate of drug-likeness (QED) is 0.740. The molecule has 100 valence electrons. The van der Waals surface area contributed by atoms with Gasteiger partial charge in [-0.1, -0.05) is 6.07 Å². The van der Waals surface area contributed by atoms with E-state index in [-0.39, 0.29) is 11.1 Å². The Balaban J connectivity index is 2.25. The summed E-state index contributed by atoms with van der Waals surface area (Å²) in [5.74, 6) is -0.410. The topological polar surface area (TPSA) is 88.0 Å². The molecule has 0 atom stereocenters. The Labute approximate surface area is 113 Å². The van der Waals surface area contributed by atoms with Gasteiger partial charge in [-0.3, -0.25) is 4.79 Å². The first kappa shape index (κ1) is 12.2. The number of aromatic carboxylic acids is 1. The van der Waals surface area contributed by atoms with Crippen molar-refractivity contribution in [3.05, 3.63) is 52.3 Å². The van der Waals surface area contributed by atoms with E-state index in [0.29, 0.717) is 17.0 Å². The number of carboxylic acid groups (broad SMARTS) is 1. The molecule has 0 saturated heterocycles. The Morgan fingerprint density at radius 3 is 2.80 bits per heavy atom. The highest BCUT2D eigenvalue weighted by Gasteiger charge is 2.12. The standard InChI is InChI=1S/C14H11N3O3/c1-17-11-6-5-8(14(19)20)7-10(11)16-13(17)9-3-2-4-12(18)15-9/h2-7H,1H3,(H,15,18)(H,19,20). The first-order chi connectivity index (χ1) is 9.56. The van der Waals surface area contributed by atoms with Crippen LogP contribution >= 0.6 is 0 Å². The predicted molar refractivity (Wildman–Crippen MR) is 73.7 cm³/mol. The summed E-state index contributed by atoms with van der Waals surface area (Å²) in [5, 5.41) is 8.99. The molecule has 0 aliphatic carbocycles. The molecule has 0 unspecified atom stereocenters. The Morgan fingerprint density at radius 1 is 1.30 bits per heavy atom. The van der Waals surface area contributed by atoms with Gasteiger partial charge < -0.3 is 14.7 Å². The Bertz CT molecular complexity index is 877. The van der Waals surface area contributed by atoms with Crippen LogP contribution in [0, 0.1) is 0 Å². The summed E-state index contributed by atoms with van der Waals surface area (Å²) in [7, 11) is 1.82. The lowest BCUT2D eigenvalue weighted by Crippen LogP contribution is -2.05. The van der Waals surface area contributed by atoms with Crippen LogP contribution in [-0.4, -0.2) is 25.6 Å². The van der Waals surface area contributed by atoms with Gasteiger partial charge in [-0.15, -0.1) is 0 Å². The zero-order valence-corrected chi connectivity index (χ0v) is 10.6. The number of carbonyl (C=O) groups is 1. The molecule has 0 radical (unpaired) electrons. The van der Waals surface area contributed by atoms with E-state index in [0.717, 1.165) is 5.52 Å². The van der Waals surface area contributed by atoms with Gasteiger partial charge in [0, 0.05) is 13.1 Å². The molecule has 3 aromatic rings. The number of carboxylic acids is 1. The maximum Gasteiger partial charge on any atom is 0.335 e. The number of hydrogen-bond donors (Lipinski definition) is 2. The molecule has 3 rings (SSSR count). The van der Waals surface area contributed by atoms with Gasteiger partial charge in [-0.05, 0) is 24.3 Å². The molecular formula is C14H11N3O3. The van der Waals surface area contributed by atoms with Gasteiger partial charge in [-0.2, -0.15) is 0 Å². The molecule has 0 aliphatic rings. The van der Waals surface area contributed by atoms with Crippen LogP contribution < -0.4 is 5.56 Å². The molecule has 2 heterocycles. The molecule has 0 amide bonds. The number of rotatable bonds is 2. The zero-order valence-electron chi connectivity index (χ0n) is 10.6. The minimum absolute atomic E-state index is 0.184. The lowest BCUT2D eigenvalue weighted by Gasteiger charge is -2.01. The summed E-state index contributed by atoms with van der Waals surface area (Å²) >= 11 is 0. The maximum atomic E-state index is 11.4.